The molecule has 0 aliphatic rings. The van der Waals surface area contributed by atoms with Crippen molar-refractivity contribution in [2.45, 2.75) is 26.8 Å². The van der Waals surface area contributed by atoms with Crippen molar-refractivity contribution in [2.75, 3.05) is 25.0 Å². The Labute approximate surface area is 137 Å². The van der Waals surface area contributed by atoms with Crippen molar-refractivity contribution in [3.63, 3.8) is 0 Å². The van der Waals surface area contributed by atoms with Crippen LogP contribution in [-0.2, 0) is 0 Å². The number of halogens is 1. The molecule has 0 radical (unpaired) electrons. The first-order chi connectivity index (χ1) is 10.0. The maximum absolute atomic E-state index is 11.8. The Bertz CT molecular complexity index is 463. The minimum absolute atomic E-state index is 0. The Morgan fingerprint density at radius 2 is 1.73 bits per heavy atom. The van der Waals surface area contributed by atoms with E-state index in [4.69, 9.17) is 0 Å². The number of rotatable bonds is 7. The molecule has 6 nitrogen and oxygen atoms in total. The number of hydrogen-bond acceptors (Lipinski definition) is 3. The Balaban J connectivity index is 0.00000441. The number of benzene rings is 1. The van der Waals surface area contributed by atoms with Gasteiger partial charge in [-0.1, -0.05) is 6.92 Å². The van der Waals surface area contributed by atoms with E-state index in [2.05, 4.69) is 21.3 Å². The number of carbonyl (C=O) groups excluding carboxylic acids is 2. The summed E-state index contributed by atoms with van der Waals surface area (Å²) < 4.78 is 0. The highest BCUT2D eigenvalue weighted by molar-refractivity contribution is 5.95. The molecule has 124 valence electrons. The zero-order valence-corrected chi connectivity index (χ0v) is 14.0. The first kappa shape index (κ1) is 20.2. The van der Waals surface area contributed by atoms with Crippen molar-refractivity contribution in [1.29, 1.82) is 0 Å². The molecule has 0 aliphatic carbocycles. The summed E-state index contributed by atoms with van der Waals surface area (Å²) in [5, 5.41) is 11.4. The van der Waals surface area contributed by atoms with Gasteiger partial charge in [-0.2, -0.15) is 0 Å². The third-order valence-corrected chi connectivity index (χ3v) is 2.66. The van der Waals surface area contributed by atoms with Crippen LogP contribution in [0.4, 0.5) is 10.5 Å². The average Bonchev–Trinajstić information content (AvgIpc) is 2.43. The van der Waals surface area contributed by atoms with Gasteiger partial charge in [0.05, 0.1) is 0 Å². The summed E-state index contributed by atoms with van der Waals surface area (Å²) in [5.41, 5.74) is 1.22. The van der Waals surface area contributed by atoms with Crippen molar-refractivity contribution in [3.05, 3.63) is 29.8 Å². The first-order valence-electron chi connectivity index (χ1n) is 7.19. The number of urea groups is 1. The van der Waals surface area contributed by atoms with E-state index in [-0.39, 0.29) is 30.4 Å². The van der Waals surface area contributed by atoms with Crippen LogP contribution in [-0.4, -0.2) is 37.6 Å². The van der Waals surface area contributed by atoms with Crippen LogP contribution in [0.15, 0.2) is 24.3 Å². The molecule has 0 fully saturated rings. The quantitative estimate of drug-likeness (QED) is 0.578. The molecule has 0 unspecified atom stereocenters. The SMILES string of the molecule is CCNCCNC(=O)c1ccc(NC(=O)NC(C)C)cc1.Cl. The second-order valence-corrected chi connectivity index (χ2v) is 4.94. The van der Waals surface area contributed by atoms with E-state index >= 15 is 0 Å². The number of carbonyl (C=O) groups is 2. The van der Waals surface area contributed by atoms with Gasteiger partial charge in [0.15, 0.2) is 0 Å². The van der Waals surface area contributed by atoms with Crippen molar-refractivity contribution in [2.24, 2.45) is 0 Å². The van der Waals surface area contributed by atoms with Gasteiger partial charge in [0.2, 0.25) is 0 Å². The topological polar surface area (TPSA) is 82.3 Å². The molecule has 7 heteroatoms. The molecule has 0 aromatic heterocycles. The summed E-state index contributed by atoms with van der Waals surface area (Å²) in [7, 11) is 0. The molecular weight excluding hydrogens is 304 g/mol. The summed E-state index contributed by atoms with van der Waals surface area (Å²) in [5.74, 6) is -0.119. The van der Waals surface area contributed by atoms with E-state index in [0.717, 1.165) is 13.1 Å². The van der Waals surface area contributed by atoms with Gasteiger partial charge >= 0.3 is 6.03 Å². The standard InChI is InChI=1S/C15H24N4O2.ClH/c1-4-16-9-10-17-14(20)12-5-7-13(8-6-12)19-15(21)18-11(2)3;/h5-8,11,16H,4,9-10H2,1-3H3,(H,17,20)(H2,18,19,21);1H. The van der Waals surface area contributed by atoms with Gasteiger partial charge < -0.3 is 21.3 Å². The molecule has 1 aromatic carbocycles. The molecule has 1 rings (SSSR count). The molecule has 1 aromatic rings. The van der Waals surface area contributed by atoms with Crippen LogP contribution in [0.5, 0.6) is 0 Å². The molecule has 0 heterocycles. The molecule has 0 atom stereocenters. The Hall–Kier alpha value is -1.79. The number of hydrogen-bond donors (Lipinski definition) is 4. The lowest BCUT2D eigenvalue weighted by molar-refractivity contribution is 0.0954. The molecule has 3 amide bonds. The summed E-state index contributed by atoms with van der Waals surface area (Å²) >= 11 is 0. The third kappa shape index (κ3) is 7.85. The molecule has 0 saturated heterocycles. The maximum Gasteiger partial charge on any atom is 0.319 e. The fraction of sp³-hybridized carbons (Fsp3) is 0.467. The monoisotopic (exact) mass is 328 g/mol. The lowest BCUT2D eigenvalue weighted by atomic mass is 10.2. The van der Waals surface area contributed by atoms with Crippen molar-refractivity contribution >= 4 is 30.0 Å². The smallest absolute Gasteiger partial charge is 0.319 e. The number of anilines is 1. The Morgan fingerprint density at radius 1 is 1.09 bits per heavy atom. The van der Waals surface area contributed by atoms with E-state index in [1.54, 1.807) is 24.3 Å². The van der Waals surface area contributed by atoms with Gasteiger partial charge in [-0.05, 0) is 44.7 Å². The maximum atomic E-state index is 11.8. The minimum Gasteiger partial charge on any atom is -0.351 e. The summed E-state index contributed by atoms with van der Waals surface area (Å²) in [4.78, 5) is 23.4. The molecule has 0 spiro atoms. The van der Waals surface area contributed by atoms with Crippen LogP contribution in [0.25, 0.3) is 0 Å². The zero-order valence-electron chi connectivity index (χ0n) is 13.2. The van der Waals surface area contributed by atoms with Gasteiger partial charge in [0, 0.05) is 30.4 Å². The first-order valence-corrected chi connectivity index (χ1v) is 7.19. The van der Waals surface area contributed by atoms with Crippen molar-refractivity contribution in [3.8, 4) is 0 Å². The van der Waals surface area contributed by atoms with Gasteiger partial charge in [-0.3, -0.25) is 4.79 Å². The molecule has 0 bridgehead atoms. The van der Waals surface area contributed by atoms with Crippen molar-refractivity contribution in [1.82, 2.24) is 16.0 Å². The zero-order chi connectivity index (χ0) is 15.7. The molecular formula is C15H25ClN4O2. The minimum atomic E-state index is -0.257. The van der Waals surface area contributed by atoms with E-state index in [1.807, 2.05) is 20.8 Å². The van der Waals surface area contributed by atoms with Crippen LogP contribution < -0.4 is 21.3 Å². The van der Waals surface area contributed by atoms with Gasteiger partial charge in [-0.25, -0.2) is 4.79 Å². The normalized spacial score (nSPS) is 9.82. The fourth-order valence-corrected chi connectivity index (χ4v) is 1.68. The Kier molecular flexibility index (Phi) is 9.98. The molecule has 22 heavy (non-hydrogen) atoms. The van der Waals surface area contributed by atoms with E-state index in [0.29, 0.717) is 17.8 Å². The van der Waals surface area contributed by atoms with Crippen LogP contribution >= 0.6 is 12.4 Å². The second-order valence-electron chi connectivity index (χ2n) is 4.94. The summed E-state index contributed by atoms with van der Waals surface area (Å²) in [6, 6.07) is 6.61. The number of likely N-dealkylation sites (N-methyl/N-ethyl adjacent to an activating group) is 1. The highest BCUT2D eigenvalue weighted by Gasteiger charge is 2.06. The van der Waals surface area contributed by atoms with Crippen LogP contribution in [0.1, 0.15) is 31.1 Å². The lowest BCUT2D eigenvalue weighted by Crippen LogP contribution is -2.34. The van der Waals surface area contributed by atoms with Gasteiger partial charge in [0.25, 0.3) is 5.91 Å². The predicted molar refractivity (Wildman–Crippen MR) is 91.9 cm³/mol. The lowest BCUT2D eigenvalue weighted by Gasteiger charge is -2.10. The largest absolute Gasteiger partial charge is 0.351 e. The molecule has 0 saturated carbocycles. The van der Waals surface area contributed by atoms with Crippen LogP contribution in [0.3, 0.4) is 0 Å². The molecule has 4 N–H and O–H groups in total. The molecule has 0 aliphatic heterocycles. The van der Waals surface area contributed by atoms with Gasteiger partial charge in [-0.15, -0.1) is 12.4 Å². The van der Waals surface area contributed by atoms with Crippen LogP contribution in [0, 0.1) is 0 Å². The van der Waals surface area contributed by atoms with Crippen molar-refractivity contribution < 1.29 is 9.59 Å². The highest BCUT2D eigenvalue weighted by Crippen LogP contribution is 2.09. The highest BCUT2D eigenvalue weighted by atomic mass is 35.5. The average molecular weight is 329 g/mol. The van der Waals surface area contributed by atoms with Crippen LogP contribution in [0.2, 0.25) is 0 Å². The second kappa shape index (κ2) is 10.9. The fourth-order valence-electron chi connectivity index (χ4n) is 1.68. The third-order valence-electron chi connectivity index (χ3n) is 2.66. The predicted octanol–water partition coefficient (Wildman–Crippen LogP) is 1.98. The van der Waals surface area contributed by atoms with E-state index < -0.39 is 0 Å². The van der Waals surface area contributed by atoms with E-state index in [1.165, 1.54) is 0 Å². The Morgan fingerprint density at radius 3 is 2.27 bits per heavy atom. The van der Waals surface area contributed by atoms with E-state index in [9.17, 15) is 9.59 Å². The summed E-state index contributed by atoms with van der Waals surface area (Å²) in [6.45, 7) is 8.01. The summed E-state index contributed by atoms with van der Waals surface area (Å²) in [6.07, 6.45) is 0. The van der Waals surface area contributed by atoms with Gasteiger partial charge in [0.1, 0.15) is 0 Å². The number of amides is 3. The number of nitrogens with one attached hydrogen (secondary N) is 4.